The molecule has 0 amide bonds. The molecule has 0 radical (unpaired) electrons. The first-order valence-electron chi connectivity index (χ1n) is 19.8. The predicted octanol–water partition coefficient (Wildman–Crippen LogP) is 16.5. The fourth-order valence-electron chi connectivity index (χ4n) is 8.55. The summed E-state index contributed by atoms with van der Waals surface area (Å²) in [5.41, 5.74) is 13.0. The number of anilines is 3. The molecular formula is C56H37NS. The predicted molar refractivity (Wildman–Crippen MR) is 251 cm³/mol. The number of benzene rings is 10. The van der Waals surface area contributed by atoms with Gasteiger partial charge in [-0.1, -0.05) is 164 Å². The average Bonchev–Trinajstić information content (AvgIpc) is 3.67. The molecule has 0 spiro atoms. The minimum atomic E-state index is 1.10. The summed E-state index contributed by atoms with van der Waals surface area (Å²) >= 11 is 1.86. The zero-order chi connectivity index (χ0) is 38.4. The Morgan fingerprint density at radius 3 is 1.66 bits per heavy atom. The third-order valence-electron chi connectivity index (χ3n) is 11.5. The maximum absolute atomic E-state index is 2.41. The molecule has 1 heterocycles. The van der Waals surface area contributed by atoms with Crippen molar-refractivity contribution in [1.82, 2.24) is 0 Å². The Bertz CT molecular complexity index is 3280. The van der Waals surface area contributed by atoms with Gasteiger partial charge in [0, 0.05) is 37.1 Å². The molecule has 1 nitrogen and oxygen atoms in total. The van der Waals surface area contributed by atoms with Gasteiger partial charge in [0.15, 0.2) is 0 Å². The lowest BCUT2D eigenvalue weighted by Crippen LogP contribution is -2.11. The van der Waals surface area contributed by atoms with Crippen molar-refractivity contribution >= 4 is 70.1 Å². The molecule has 0 N–H and O–H groups in total. The highest BCUT2D eigenvalue weighted by atomic mass is 32.1. The highest BCUT2D eigenvalue weighted by Gasteiger charge is 2.19. The van der Waals surface area contributed by atoms with Gasteiger partial charge in [0.2, 0.25) is 0 Å². The summed E-state index contributed by atoms with van der Waals surface area (Å²) in [4.78, 5) is 2.41. The number of fused-ring (bicyclic) bond motifs is 5. The molecule has 0 saturated carbocycles. The van der Waals surface area contributed by atoms with Crippen LogP contribution in [0.15, 0.2) is 224 Å². The van der Waals surface area contributed by atoms with Crippen molar-refractivity contribution in [3.05, 3.63) is 224 Å². The summed E-state index contributed by atoms with van der Waals surface area (Å²) in [6, 6.07) is 82.0. The van der Waals surface area contributed by atoms with Crippen molar-refractivity contribution in [3.63, 3.8) is 0 Å². The molecule has 0 fully saturated rings. The van der Waals surface area contributed by atoms with Gasteiger partial charge in [-0.2, -0.15) is 0 Å². The largest absolute Gasteiger partial charge is 0.310 e. The van der Waals surface area contributed by atoms with E-state index < -0.39 is 0 Å². The molecule has 0 unspecified atom stereocenters. The molecule has 2 heteroatoms. The van der Waals surface area contributed by atoms with Crippen molar-refractivity contribution in [2.75, 3.05) is 4.90 Å². The van der Waals surface area contributed by atoms with E-state index in [4.69, 9.17) is 0 Å². The van der Waals surface area contributed by atoms with Gasteiger partial charge in [-0.15, -0.1) is 11.3 Å². The number of para-hydroxylation sites is 1. The van der Waals surface area contributed by atoms with Gasteiger partial charge in [0.25, 0.3) is 0 Å². The van der Waals surface area contributed by atoms with Crippen LogP contribution >= 0.6 is 11.3 Å². The highest BCUT2D eigenvalue weighted by Crippen LogP contribution is 2.44. The van der Waals surface area contributed by atoms with Crippen molar-refractivity contribution in [2.24, 2.45) is 0 Å². The first kappa shape index (κ1) is 34.0. The molecular weight excluding hydrogens is 719 g/mol. The van der Waals surface area contributed by atoms with E-state index in [0.29, 0.717) is 0 Å². The second kappa shape index (κ2) is 14.4. The third kappa shape index (κ3) is 6.12. The van der Waals surface area contributed by atoms with Crippen LogP contribution in [0.5, 0.6) is 0 Å². The second-order valence-electron chi connectivity index (χ2n) is 14.9. The minimum absolute atomic E-state index is 1.10. The minimum Gasteiger partial charge on any atom is -0.310 e. The zero-order valence-electron chi connectivity index (χ0n) is 31.7. The maximum Gasteiger partial charge on any atom is 0.0540 e. The van der Waals surface area contributed by atoms with E-state index in [1.165, 1.54) is 86.2 Å². The lowest BCUT2D eigenvalue weighted by molar-refractivity contribution is 1.28. The summed E-state index contributed by atoms with van der Waals surface area (Å²) < 4.78 is 2.63. The smallest absolute Gasteiger partial charge is 0.0540 e. The van der Waals surface area contributed by atoms with Crippen molar-refractivity contribution in [1.29, 1.82) is 0 Å². The molecule has 1 aromatic heterocycles. The van der Waals surface area contributed by atoms with E-state index in [9.17, 15) is 0 Å². The maximum atomic E-state index is 2.41. The van der Waals surface area contributed by atoms with E-state index in [-0.39, 0.29) is 0 Å². The normalized spacial score (nSPS) is 11.4. The van der Waals surface area contributed by atoms with Crippen LogP contribution in [0.1, 0.15) is 0 Å². The lowest BCUT2D eigenvalue weighted by atomic mass is 9.96. The van der Waals surface area contributed by atoms with Crippen LogP contribution in [0, 0.1) is 0 Å². The third-order valence-corrected chi connectivity index (χ3v) is 12.6. The Balaban J connectivity index is 1.01. The van der Waals surface area contributed by atoms with Crippen LogP contribution < -0.4 is 4.90 Å². The highest BCUT2D eigenvalue weighted by molar-refractivity contribution is 7.25. The number of rotatable bonds is 7. The van der Waals surface area contributed by atoms with Gasteiger partial charge in [0.05, 0.1) is 5.69 Å². The Morgan fingerprint density at radius 1 is 0.276 bits per heavy atom. The van der Waals surface area contributed by atoms with Crippen molar-refractivity contribution < 1.29 is 0 Å². The van der Waals surface area contributed by atoms with Gasteiger partial charge < -0.3 is 4.90 Å². The van der Waals surface area contributed by atoms with Gasteiger partial charge in [0.1, 0.15) is 0 Å². The number of thiophene rings is 1. The van der Waals surface area contributed by atoms with Crippen LogP contribution in [-0.4, -0.2) is 0 Å². The molecule has 0 aliphatic heterocycles. The van der Waals surface area contributed by atoms with Crippen LogP contribution in [0.3, 0.4) is 0 Å². The van der Waals surface area contributed by atoms with E-state index in [2.05, 4.69) is 229 Å². The SMILES string of the molecule is c1cc(-c2ccc(N(c3ccc(-c4cccc5ccccc45)cc3)c3ccccc3-c3ccc4sc5ccccc5c4c3)cc2)cc(-c2ccc3ccccc3c2)c1. The monoisotopic (exact) mass is 755 g/mol. The zero-order valence-corrected chi connectivity index (χ0v) is 32.5. The Kier molecular flexibility index (Phi) is 8.42. The van der Waals surface area contributed by atoms with Gasteiger partial charge in [-0.25, -0.2) is 0 Å². The Labute approximate surface area is 342 Å². The first-order valence-corrected chi connectivity index (χ1v) is 20.6. The van der Waals surface area contributed by atoms with Crippen LogP contribution in [0.2, 0.25) is 0 Å². The molecule has 11 rings (SSSR count). The first-order chi connectivity index (χ1) is 28.7. The van der Waals surface area contributed by atoms with Crippen LogP contribution in [0.25, 0.3) is 86.2 Å². The van der Waals surface area contributed by atoms with Crippen molar-refractivity contribution in [2.45, 2.75) is 0 Å². The summed E-state index contributed by atoms with van der Waals surface area (Å²) in [7, 11) is 0. The molecule has 0 aliphatic carbocycles. The molecule has 272 valence electrons. The lowest BCUT2D eigenvalue weighted by Gasteiger charge is -2.28. The number of nitrogens with zero attached hydrogens (tertiary/aromatic N) is 1. The quantitative estimate of drug-likeness (QED) is 0.157. The average molecular weight is 756 g/mol. The summed E-state index contributed by atoms with van der Waals surface area (Å²) in [5, 5.41) is 7.63. The molecule has 0 aliphatic rings. The number of hydrogen-bond acceptors (Lipinski definition) is 2. The van der Waals surface area contributed by atoms with Gasteiger partial charge >= 0.3 is 0 Å². The van der Waals surface area contributed by atoms with Gasteiger partial charge in [-0.3, -0.25) is 0 Å². The molecule has 11 aromatic rings. The van der Waals surface area contributed by atoms with E-state index in [1.807, 2.05) is 11.3 Å². The van der Waals surface area contributed by atoms with E-state index in [0.717, 1.165) is 17.1 Å². The van der Waals surface area contributed by atoms with E-state index in [1.54, 1.807) is 0 Å². The molecule has 58 heavy (non-hydrogen) atoms. The van der Waals surface area contributed by atoms with Crippen LogP contribution in [-0.2, 0) is 0 Å². The summed E-state index contributed by atoms with van der Waals surface area (Å²) in [6.45, 7) is 0. The summed E-state index contributed by atoms with van der Waals surface area (Å²) in [5.74, 6) is 0. The summed E-state index contributed by atoms with van der Waals surface area (Å²) in [6.07, 6.45) is 0. The van der Waals surface area contributed by atoms with Gasteiger partial charge in [-0.05, 0) is 121 Å². The second-order valence-corrected chi connectivity index (χ2v) is 16.0. The standard InChI is InChI=1S/C56H37NS/c1-2-13-42-36-45(24-23-38(42)11-1)44-16-9-15-43(35-44)39-25-30-47(31-26-39)57(48-32-27-41(28-33-48)50-20-10-14-40-12-3-4-17-49(40)50)54-21-7-5-18-51(54)46-29-34-56-53(37-46)52-19-6-8-22-55(52)58-56/h1-37H. The molecule has 0 atom stereocenters. The fourth-order valence-corrected chi connectivity index (χ4v) is 9.64. The Hall–Kier alpha value is -7.26. The molecule has 0 bridgehead atoms. The fraction of sp³-hybridized carbons (Fsp3) is 0. The molecule has 10 aromatic carbocycles. The van der Waals surface area contributed by atoms with E-state index >= 15 is 0 Å². The van der Waals surface area contributed by atoms with Crippen LogP contribution in [0.4, 0.5) is 17.1 Å². The topological polar surface area (TPSA) is 3.24 Å². The molecule has 0 saturated heterocycles. The Morgan fingerprint density at radius 2 is 0.828 bits per heavy atom. The number of hydrogen-bond donors (Lipinski definition) is 0. The van der Waals surface area contributed by atoms with Crippen molar-refractivity contribution in [3.8, 4) is 44.5 Å².